The Hall–Kier alpha value is -0.660. The van der Waals surface area contributed by atoms with Crippen molar-refractivity contribution >= 4 is 11.6 Å². The number of hydrogen-bond acceptors (Lipinski definition) is 2. The van der Waals surface area contributed by atoms with Gasteiger partial charge in [-0.2, -0.15) is 0 Å². The molecule has 1 rings (SSSR count). The maximum Gasteiger partial charge on any atom is 0.142 e. The molecule has 1 saturated carbocycles. The maximum absolute atomic E-state index is 12.4. The molecule has 1 aliphatic rings. The first-order valence-electron chi connectivity index (χ1n) is 6.83. The molecule has 0 aromatic heterocycles. The first-order chi connectivity index (χ1) is 7.76. The lowest BCUT2D eigenvalue weighted by Gasteiger charge is -2.21. The van der Waals surface area contributed by atoms with Crippen molar-refractivity contribution in [2.24, 2.45) is 23.2 Å². The Morgan fingerprint density at radius 2 is 1.65 bits per heavy atom. The van der Waals surface area contributed by atoms with Gasteiger partial charge in [0.15, 0.2) is 0 Å². The molecule has 0 spiro atoms. The highest BCUT2D eigenvalue weighted by Gasteiger charge is 2.47. The summed E-state index contributed by atoms with van der Waals surface area (Å²) in [5.41, 5.74) is -0.100. The Bertz CT molecular complexity index is 298. The first-order valence-corrected chi connectivity index (χ1v) is 6.83. The summed E-state index contributed by atoms with van der Waals surface area (Å²) >= 11 is 0. The van der Waals surface area contributed by atoms with Crippen LogP contribution in [0.25, 0.3) is 0 Å². The number of carbonyl (C=O) groups excluding carboxylic acids is 2. The average molecular weight is 238 g/mol. The summed E-state index contributed by atoms with van der Waals surface area (Å²) in [6, 6.07) is 0. The van der Waals surface area contributed by atoms with Crippen molar-refractivity contribution in [1.29, 1.82) is 0 Å². The Morgan fingerprint density at radius 1 is 1.12 bits per heavy atom. The Balaban J connectivity index is 2.66. The van der Waals surface area contributed by atoms with Gasteiger partial charge in [-0.25, -0.2) is 0 Å². The highest BCUT2D eigenvalue weighted by atomic mass is 16.1. The van der Waals surface area contributed by atoms with Crippen LogP contribution in [0.4, 0.5) is 0 Å². The summed E-state index contributed by atoms with van der Waals surface area (Å²) in [7, 11) is 0. The van der Waals surface area contributed by atoms with Crippen LogP contribution in [0.2, 0.25) is 0 Å². The Labute approximate surface area is 105 Å². The van der Waals surface area contributed by atoms with Gasteiger partial charge in [-0.05, 0) is 25.2 Å². The third-order valence-corrected chi connectivity index (χ3v) is 3.81. The normalized spacial score (nSPS) is 19.5. The molecule has 0 amide bonds. The molecule has 0 saturated heterocycles. The van der Waals surface area contributed by atoms with Gasteiger partial charge in [-0.1, -0.05) is 34.6 Å². The Kier molecular flexibility index (Phi) is 4.51. The fraction of sp³-hybridized carbons (Fsp3) is 0.867. The minimum atomic E-state index is -0.100. The zero-order chi connectivity index (χ0) is 13.2. The molecule has 1 fully saturated rings. The lowest BCUT2D eigenvalue weighted by Crippen LogP contribution is -2.27. The van der Waals surface area contributed by atoms with E-state index in [0.717, 1.165) is 19.3 Å². The molecule has 2 nitrogen and oxygen atoms in total. The van der Waals surface area contributed by atoms with E-state index < -0.39 is 0 Å². The van der Waals surface area contributed by atoms with Crippen LogP contribution in [0.5, 0.6) is 0 Å². The second-order valence-corrected chi connectivity index (χ2v) is 6.58. The smallest absolute Gasteiger partial charge is 0.142 e. The number of carbonyl (C=O) groups is 2. The van der Waals surface area contributed by atoms with E-state index in [1.165, 1.54) is 0 Å². The summed E-state index contributed by atoms with van der Waals surface area (Å²) in [5, 5.41) is 0. The third kappa shape index (κ3) is 3.93. The lowest BCUT2D eigenvalue weighted by molar-refractivity contribution is -0.132. The van der Waals surface area contributed by atoms with Crippen LogP contribution in [-0.4, -0.2) is 11.6 Å². The van der Waals surface area contributed by atoms with Crippen molar-refractivity contribution in [2.75, 3.05) is 0 Å². The molecule has 0 heterocycles. The zero-order valence-electron chi connectivity index (χ0n) is 11.9. The van der Waals surface area contributed by atoms with Crippen molar-refractivity contribution in [3.05, 3.63) is 0 Å². The minimum Gasteiger partial charge on any atom is -0.299 e. The predicted molar refractivity (Wildman–Crippen MR) is 69.8 cm³/mol. The van der Waals surface area contributed by atoms with Crippen LogP contribution >= 0.6 is 0 Å². The molecule has 0 bridgehead atoms. The van der Waals surface area contributed by atoms with Gasteiger partial charge in [-0.15, -0.1) is 0 Å². The summed E-state index contributed by atoms with van der Waals surface area (Å²) in [6.07, 6.45) is 3.32. The second-order valence-electron chi connectivity index (χ2n) is 6.58. The molecular formula is C15H26O2. The van der Waals surface area contributed by atoms with Crippen molar-refractivity contribution in [3.63, 3.8) is 0 Å². The fourth-order valence-electron chi connectivity index (χ4n) is 2.26. The predicted octanol–water partition coefficient (Wildman–Crippen LogP) is 3.63. The molecule has 0 N–H and O–H groups in total. The third-order valence-electron chi connectivity index (χ3n) is 3.81. The van der Waals surface area contributed by atoms with Gasteiger partial charge in [0.2, 0.25) is 0 Å². The van der Waals surface area contributed by atoms with E-state index in [4.69, 9.17) is 0 Å². The van der Waals surface area contributed by atoms with Crippen molar-refractivity contribution in [3.8, 4) is 0 Å². The van der Waals surface area contributed by atoms with E-state index in [1.54, 1.807) is 0 Å². The monoisotopic (exact) mass is 238 g/mol. The second kappa shape index (κ2) is 5.32. The van der Waals surface area contributed by atoms with Crippen LogP contribution < -0.4 is 0 Å². The number of ketones is 2. The highest BCUT2D eigenvalue weighted by Crippen LogP contribution is 2.48. The van der Waals surface area contributed by atoms with Gasteiger partial charge in [0.25, 0.3) is 0 Å². The van der Waals surface area contributed by atoms with E-state index in [2.05, 4.69) is 13.8 Å². The Morgan fingerprint density at radius 3 is 2.00 bits per heavy atom. The van der Waals surface area contributed by atoms with Gasteiger partial charge >= 0.3 is 0 Å². The van der Waals surface area contributed by atoms with Crippen LogP contribution in [-0.2, 0) is 9.59 Å². The maximum atomic E-state index is 12.4. The quantitative estimate of drug-likeness (QED) is 0.678. The van der Waals surface area contributed by atoms with Crippen molar-refractivity contribution < 1.29 is 9.59 Å². The summed E-state index contributed by atoms with van der Waals surface area (Å²) in [5.74, 6) is 1.04. The molecule has 0 aliphatic heterocycles. The molecule has 0 aromatic carbocycles. The number of rotatable bonds is 7. The molecule has 1 atom stereocenters. The van der Waals surface area contributed by atoms with Crippen LogP contribution in [0.15, 0.2) is 0 Å². The topological polar surface area (TPSA) is 34.1 Å². The van der Waals surface area contributed by atoms with Crippen LogP contribution in [0, 0.1) is 23.2 Å². The molecule has 17 heavy (non-hydrogen) atoms. The van der Waals surface area contributed by atoms with Gasteiger partial charge in [0.1, 0.15) is 11.6 Å². The summed E-state index contributed by atoms with van der Waals surface area (Å²) < 4.78 is 0. The highest BCUT2D eigenvalue weighted by molar-refractivity contribution is 5.93. The minimum absolute atomic E-state index is 0.0441. The SMILES string of the molecule is CC(C)CC(CC(=O)C(C)C)C(=O)C1(C)CC1. The van der Waals surface area contributed by atoms with Gasteiger partial charge in [0.05, 0.1) is 0 Å². The zero-order valence-corrected chi connectivity index (χ0v) is 11.9. The van der Waals surface area contributed by atoms with Crippen molar-refractivity contribution in [1.82, 2.24) is 0 Å². The lowest BCUT2D eigenvalue weighted by atomic mass is 9.81. The molecular weight excluding hydrogens is 212 g/mol. The fourth-order valence-corrected chi connectivity index (χ4v) is 2.26. The molecule has 2 heteroatoms. The molecule has 1 aliphatic carbocycles. The molecule has 1 unspecified atom stereocenters. The van der Waals surface area contributed by atoms with Gasteiger partial charge in [0, 0.05) is 23.7 Å². The molecule has 98 valence electrons. The van der Waals surface area contributed by atoms with Gasteiger partial charge in [-0.3, -0.25) is 9.59 Å². The van der Waals surface area contributed by atoms with Crippen LogP contribution in [0.1, 0.15) is 60.3 Å². The summed E-state index contributed by atoms with van der Waals surface area (Å²) in [6.45, 7) is 10.1. The first kappa shape index (κ1) is 14.4. The number of Topliss-reactive ketones (excluding diaryl/α,β-unsaturated/α-hetero) is 2. The van der Waals surface area contributed by atoms with Gasteiger partial charge < -0.3 is 0 Å². The largest absolute Gasteiger partial charge is 0.299 e. The van der Waals surface area contributed by atoms with E-state index >= 15 is 0 Å². The standard InChI is InChI=1S/C15H26O2/c1-10(2)8-12(9-13(16)11(3)4)14(17)15(5)6-7-15/h10-12H,6-9H2,1-5H3. The average Bonchev–Trinajstić information content (AvgIpc) is 2.94. The van der Waals surface area contributed by atoms with E-state index in [-0.39, 0.29) is 23.0 Å². The van der Waals surface area contributed by atoms with E-state index in [0.29, 0.717) is 18.1 Å². The van der Waals surface area contributed by atoms with Crippen LogP contribution in [0.3, 0.4) is 0 Å². The number of hydrogen-bond donors (Lipinski definition) is 0. The molecule has 0 aromatic rings. The van der Waals surface area contributed by atoms with Crippen molar-refractivity contribution in [2.45, 2.75) is 60.3 Å². The van der Waals surface area contributed by atoms with E-state index in [9.17, 15) is 9.59 Å². The summed E-state index contributed by atoms with van der Waals surface area (Å²) in [4.78, 5) is 24.2. The molecule has 0 radical (unpaired) electrons. The van der Waals surface area contributed by atoms with E-state index in [1.807, 2.05) is 20.8 Å².